The fraction of sp³-hybridized carbons (Fsp3) is 0. The van der Waals surface area contributed by atoms with Crippen LogP contribution in [0.1, 0.15) is 0 Å². The number of rotatable bonds is 0. The van der Waals surface area contributed by atoms with Gasteiger partial charge >= 0.3 is 0 Å². The van der Waals surface area contributed by atoms with E-state index in [4.69, 9.17) is 0 Å². The normalized spacial score (nSPS) is 8.00. The van der Waals surface area contributed by atoms with Gasteiger partial charge in [0.05, 0.1) is 24.8 Å². The van der Waals surface area contributed by atoms with Crippen molar-refractivity contribution in [3.8, 4) is 0 Å². The number of oxazole rings is 1. The summed E-state index contributed by atoms with van der Waals surface area (Å²) in [4.78, 5) is 3.56. The molecule has 0 spiro atoms. The Kier molecular flexibility index (Phi) is 5.80. The lowest BCUT2D eigenvalue weighted by atomic mass is 10.8. The summed E-state index contributed by atoms with van der Waals surface area (Å²) in [7, 11) is 0. The van der Waals surface area contributed by atoms with Crippen LogP contribution in [0, 0.1) is 0 Å². The van der Waals surface area contributed by atoms with Gasteiger partial charge < -0.3 is 8.94 Å². The van der Waals surface area contributed by atoms with Crippen molar-refractivity contribution in [3.63, 3.8) is 0 Å². The molecule has 0 radical (unpaired) electrons. The molecular weight excluding hydrogens is 198 g/mol. The molecule has 7 nitrogen and oxygen atoms in total. The summed E-state index contributed by atoms with van der Waals surface area (Å²) >= 11 is 0. The van der Waals surface area contributed by atoms with Crippen molar-refractivity contribution in [1.29, 1.82) is 0 Å². The van der Waals surface area contributed by atoms with Crippen LogP contribution < -0.4 is 0 Å². The van der Waals surface area contributed by atoms with Crippen LogP contribution >= 0.6 is 0 Å². The van der Waals surface area contributed by atoms with E-state index in [1.807, 2.05) is 0 Å². The molecule has 3 rings (SSSR count). The van der Waals surface area contributed by atoms with Crippen molar-refractivity contribution < 1.29 is 8.94 Å². The van der Waals surface area contributed by atoms with E-state index in [1.54, 1.807) is 30.9 Å². The van der Waals surface area contributed by atoms with Crippen LogP contribution in [0.2, 0.25) is 0 Å². The number of aromatic nitrogens is 5. The van der Waals surface area contributed by atoms with Crippen molar-refractivity contribution in [2.75, 3.05) is 0 Å². The SMILES string of the molecule is c1cn[nH]n1.c1cnoc1.c1cocn1. The van der Waals surface area contributed by atoms with Gasteiger partial charge in [-0.2, -0.15) is 15.4 Å². The Balaban J connectivity index is 0.000000112. The molecule has 0 amide bonds. The average molecular weight is 207 g/mol. The third kappa shape index (κ3) is 6.70. The van der Waals surface area contributed by atoms with Crippen LogP contribution in [0.25, 0.3) is 0 Å². The van der Waals surface area contributed by atoms with Gasteiger partial charge in [-0.1, -0.05) is 5.16 Å². The fourth-order valence-corrected chi connectivity index (χ4v) is 0.518. The number of nitrogens with zero attached hydrogens (tertiary/aromatic N) is 4. The van der Waals surface area contributed by atoms with E-state index < -0.39 is 0 Å². The van der Waals surface area contributed by atoms with E-state index in [0.29, 0.717) is 0 Å². The summed E-state index contributed by atoms with van der Waals surface area (Å²) in [6.45, 7) is 0. The number of nitrogens with one attached hydrogen (secondary N) is 1. The molecule has 0 aliphatic carbocycles. The molecule has 0 atom stereocenters. The van der Waals surface area contributed by atoms with Crippen LogP contribution in [0.3, 0.4) is 0 Å². The van der Waals surface area contributed by atoms with E-state index >= 15 is 0 Å². The number of aromatic amines is 1. The molecular formula is C8H9N5O2. The Bertz CT molecular complexity index is 253. The number of H-pyrrole nitrogens is 1. The van der Waals surface area contributed by atoms with Gasteiger partial charge in [0.1, 0.15) is 12.5 Å². The quantitative estimate of drug-likeness (QED) is 0.594. The standard InChI is InChI=1S/2C3H3NO.C2H3N3/c1-2-5-3-4-1;2*1-2-4-5-3-1/h2*1-3H;1-2H,(H,3,4,5). The molecule has 0 unspecified atom stereocenters. The summed E-state index contributed by atoms with van der Waals surface area (Å²) in [5, 5.41) is 12.7. The Morgan fingerprint density at radius 1 is 0.933 bits per heavy atom. The molecule has 0 fully saturated rings. The van der Waals surface area contributed by atoms with Crippen LogP contribution in [-0.2, 0) is 0 Å². The van der Waals surface area contributed by atoms with Crippen LogP contribution in [-0.4, -0.2) is 25.6 Å². The summed E-state index contributed by atoms with van der Waals surface area (Å²) in [5.41, 5.74) is 0. The fourth-order valence-electron chi connectivity index (χ4n) is 0.518. The van der Waals surface area contributed by atoms with E-state index in [0.717, 1.165) is 0 Å². The van der Waals surface area contributed by atoms with Gasteiger partial charge in [-0.05, 0) is 6.07 Å². The van der Waals surface area contributed by atoms with E-state index in [9.17, 15) is 0 Å². The lowest BCUT2D eigenvalue weighted by molar-refractivity contribution is 0.420. The first-order valence-corrected chi connectivity index (χ1v) is 3.96. The first-order valence-electron chi connectivity index (χ1n) is 3.96. The topological polar surface area (TPSA) is 93.6 Å². The molecule has 0 aliphatic rings. The van der Waals surface area contributed by atoms with Gasteiger partial charge in [0, 0.05) is 0 Å². The maximum absolute atomic E-state index is 4.47. The highest BCUT2D eigenvalue weighted by Crippen LogP contribution is 1.72. The molecule has 1 N–H and O–H groups in total. The largest absolute Gasteiger partial charge is 0.452 e. The molecule has 0 saturated carbocycles. The van der Waals surface area contributed by atoms with E-state index in [2.05, 4.69) is 34.5 Å². The van der Waals surface area contributed by atoms with Crippen LogP contribution in [0.5, 0.6) is 0 Å². The maximum atomic E-state index is 4.47. The summed E-state index contributed by atoms with van der Waals surface area (Å²) in [6, 6.07) is 1.72. The monoisotopic (exact) mass is 207 g/mol. The third-order valence-electron chi connectivity index (χ3n) is 1.03. The number of hydrogen-bond donors (Lipinski definition) is 1. The first kappa shape index (κ1) is 10.6. The first-order chi connectivity index (χ1) is 7.50. The lowest BCUT2D eigenvalue weighted by Crippen LogP contribution is -1.61. The Morgan fingerprint density at radius 2 is 1.80 bits per heavy atom. The molecule has 3 aromatic rings. The van der Waals surface area contributed by atoms with E-state index in [-0.39, 0.29) is 0 Å². The second-order valence-corrected chi connectivity index (χ2v) is 2.02. The molecule has 0 aromatic carbocycles. The summed E-state index contributed by atoms with van der Waals surface area (Å²) in [5.74, 6) is 0. The zero-order valence-electron chi connectivity index (χ0n) is 7.72. The highest BCUT2D eigenvalue weighted by atomic mass is 16.5. The molecule has 0 aliphatic heterocycles. The van der Waals surface area contributed by atoms with Gasteiger partial charge in [0.25, 0.3) is 0 Å². The van der Waals surface area contributed by atoms with E-state index in [1.165, 1.54) is 18.9 Å². The molecule has 78 valence electrons. The van der Waals surface area contributed by atoms with Crippen molar-refractivity contribution >= 4 is 0 Å². The third-order valence-corrected chi connectivity index (χ3v) is 1.03. The predicted molar refractivity (Wildman–Crippen MR) is 49.4 cm³/mol. The van der Waals surface area contributed by atoms with Gasteiger partial charge in [0.2, 0.25) is 0 Å². The molecule has 0 bridgehead atoms. The zero-order chi connectivity index (χ0) is 10.6. The van der Waals surface area contributed by atoms with Crippen molar-refractivity contribution in [2.24, 2.45) is 0 Å². The van der Waals surface area contributed by atoms with Crippen molar-refractivity contribution in [3.05, 3.63) is 49.8 Å². The zero-order valence-corrected chi connectivity index (χ0v) is 7.72. The molecule has 15 heavy (non-hydrogen) atoms. The maximum Gasteiger partial charge on any atom is 0.180 e. The van der Waals surface area contributed by atoms with Gasteiger partial charge in [0.15, 0.2) is 6.39 Å². The van der Waals surface area contributed by atoms with Gasteiger partial charge in [-0.15, -0.1) is 0 Å². The predicted octanol–water partition coefficient (Wildman–Crippen LogP) is 1.15. The minimum Gasteiger partial charge on any atom is -0.452 e. The molecule has 0 saturated heterocycles. The second-order valence-electron chi connectivity index (χ2n) is 2.02. The van der Waals surface area contributed by atoms with Gasteiger partial charge in [-0.3, -0.25) is 0 Å². The lowest BCUT2D eigenvalue weighted by Gasteiger charge is -1.48. The molecule has 7 heteroatoms. The minimum absolute atomic E-state index is 1.38. The molecule has 3 aromatic heterocycles. The smallest absolute Gasteiger partial charge is 0.180 e. The summed E-state index contributed by atoms with van der Waals surface area (Å²) in [6.07, 6.45) is 10.7. The number of hydrogen-bond acceptors (Lipinski definition) is 6. The Labute approximate surface area is 85.1 Å². The van der Waals surface area contributed by atoms with Crippen molar-refractivity contribution in [1.82, 2.24) is 25.6 Å². The van der Waals surface area contributed by atoms with Crippen LogP contribution in [0.4, 0.5) is 0 Å². The van der Waals surface area contributed by atoms with Crippen molar-refractivity contribution in [2.45, 2.75) is 0 Å². The highest BCUT2D eigenvalue weighted by molar-refractivity contribution is 4.67. The second kappa shape index (κ2) is 8.17. The average Bonchev–Trinajstić information content (AvgIpc) is 3.09. The summed E-state index contributed by atoms with van der Waals surface area (Å²) < 4.78 is 8.81. The van der Waals surface area contributed by atoms with Crippen LogP contribution in [0.15, 0.2) is 58.7 Å². The Morgan fingerprint density at radius 3 is 2.00 bits per heavy atom. The van der Waals surface area contributed by atoms with Gasteiger partial charge in [-0.25, -0.2) is 4.98 Å². The molecule has 3 heterocycles. The Hall–Kier alpha value is -2.44. The highest BCUT2D eigenvalue weighted by Gasteiger charge is 1.60. The minimum atomic E-state index is 1.38.